The molecule has 146 valence electrons. The van der Waals surface area contributed by atoms with Gasteiger partial charge >= 0.3 is 0 Å². The number of piperazine rings is 1. The molecule has 2 saturated heterocycles. The molecule has 0 radical (unpaired) electrons. The third-order valence-corrected chi connectivity index (χ3v) is 5.90. The zero-order valence-corrected chi connectivity index (χ0v) is 16.9. The van der Waals surface area contributed by atoms with Crippen LogP contribution in [0.2, 0.25) is 0 Å². The van der Waals surface area contributed by atoms with Crippen molar-refractivity contribution < 1.29 is 14.0 Å². The highest BCUT2D eigenvalue weighted by molar-refractivity contribution is 9.10. The van der Waals surface area contributed by atoms with E-state index in [-0.39, 0.29) is 17.6 Å². The minimum atomic E-state index is -0.601. The Labute approximate surface area is 171 Å². The Hall–Kier alpha value is -2.41. The highest BCUT2D eigenvalue weighted by atomic mass is 79.9. The standard InChI is InChI=1S/C21H21BrFN3O2/c22-15-2-1-3-18(14-15)26-9-8-19(21(26)28)20(27)25-12-10-24(11-13-25)17-6-4-16(23)5-7-17/h1-7,14,19H,8-13H2. The maximum absolute atomic E-state index is 13.1. The van der Waals surface area contributed by atoms with Crippen molar-refractivity contribution in [1.29, 1.82) is 0 Å². The van der Waals surface area contributed by atoms with Crippen LogP contribution >= 0.6 is 15.9 Å². The third-order valence-electron chi connectivity index (χ3n) is 5.41. The van der Waals surface area contributed by atoms with E-state index in [1.807, 2.05) is 24.3 Å². The Morgan fingerprint density at radius 3 is 2.36 bits per heavy atom. The summed E-state index contributed by atoms with van der Waals surface area (Å²) in [6, 6.07) is 14.0. The molecule has 2 amide bonds. The molecule has 2 aromatic rings. The first-order valence-electron chi connectivity index (χ1n) is 9.39. The molecule has 0 N–H and O–H groups in total. The largest absolute Gasteiger partial charge is 0.368 e. The first kappa shape index (κ1) is 18.9. The van der Waals surface area contributed by atoms with Crippen molar-refractivity contribution in [2.75, 3.05) is 42.5 Å². The average molecular weight is 446 g/mol. The molecule has 0 aromatic heterocycles. The van der Waals surface area contributed by atoms with Crippen LogP contribution in [0.1, 0.15) is 6.42 Å². The molecule has 28 heavy (non-hydrogen) atoms. The van der Waals surface area contributed by atoms with Gasteiger partial charge in [-0.2, -0.15) is 0 Å². The van der Waals surface area contributed by atoms with E-state index in [4.69, 9.17) is 0 Å². The van der Waals surface area contributed by atoms with Gasteiger partial charge in [0, 0.05) is 48.6 Å². The second-order valence-corrected chi connectivity index (χ2v) is 8.02. The Balaban J connectivity index is 1.38. The lowest BCUT2D eigenvalue weighted by Crippen LogP contribution is -2.51. The minimum Gasteiger partial charge on any atom is -0.368 e. The quantitative estimate of drug-likeness (QED) is 0.680. The fourth-order valence-corrected chi connectivity index (χ4v) is 4.25. The topological polar surface area (TPSA) is 43.9 Å². The van der Waals surface area contributed by atoms with Crippen molar-refractivity contribution in [3.8, 4) is 0 Å². The first-order chi connectivity index (χ1) is 13.5. The Bertz CT molecular complexity index is 881. The van der Waals surface area contributed by atoms with Gasteiger partial charge in [-0.15, -0.1) is 0 Å². The van der Waals surface area contributed by atoms with E-state index in [1.165, 1.54) is 12.1 Å². The zero-order valence-electron chi connectivity index (χ0n) is 15.4. The summed E-state index contributed by atoms with van der Waals surface area (Å²) in [6.45, 7) is 3.04. The molecule has 2 aromatic carbocycles. The molecule has 2 aliphatic heterocycles. The van der Waals surface area contributed by atoms with Crippen LogP contribution in [-0.2, 0) is 9.59 Å². The number of anilines is 2. The van der Waals surface area contributed by atoms with Crippen LogP contribution in [0.5, 0.6) is 0 Å². The van der Waals surface area contributed by atoms with Crippen LogP contribution in [0, 0.1) is 11.7 Å². The normalized spacial score (nSPS) is 20.0. The van der Waals surface area contributed by atoms with Gasteiger partial charge in [0.05, 0.1) is 0 Å². The number of hydrogen-bond acceptors (Lipinski definition) is 3. The van der Waals surface area contributed by atoms with Crippen LogP contribution in [0.25, 0.3) is 0 Å². The predicted molar refractivity (Wildman–Crippen MR) is 110 cm³/mol. The van der Waals surface area contributed by atoms with Crippen LogP contribution in [-0.4, -0.2) is 49.4 Å². The lowest BCUT2D eigenvalue weighted by atomic mass is 10.1. The predicted octanol–water partition coefficient (Wildman–Crippen LogP) is 3.29. The lowest BCUT2D eigenvalue weighted by molar-refractivity contribution is -0.140. The molecule has 0 aliphatic carbocycles. The van der Waals surface area contributed by atoms with Crippen molar-refractivity contribution >= 4 is 39.1 Å². The molecule has 0 spiro atoms. The Kier molecular flexibility index (Phi) is 5.35. The SMILES string of the molecule is O=C(C1CCN(c2cccc(Br)c2)C1=O)N1CCN(c2ccc(F)cc2)CC1. The number of amides is 2. The number of hydrogen-bond donors (Lipinski definition) is 0. The highest BCUT2D eigenvalue weighted by Crippen LogP contribution is 2.29. The van der Waals surface area contributed by atoms with E-state index >= 15 is 0 Å². The molecule has 2 aliphatic rings. The zero-order chi connectivity index (χ0) is 19.7. The number of nitrogens with zero attached hydrogens (tertiary/aromatic N) is 3. The number of benzene rings is 2. The van der Waals surface area contributed by atoms with Crippen molar-refractivity contribution in [3.63, 3.8) is 0 Å². The highest BCUT2D eigenvalue weighted by Gasteiger charge is 2.40. The van der Waals surface area contributed by atoms with Gasteiger partial charge in [-0.05, 0) is 48.9 Å². The van der Waals surface area contributed by atoms with Gasteiger partial charge < -0.3 is 14.7 Å². The first-order valence-corrected chi connectivity index (χ1v) is 10.2. The van der Waals surface area contributed by atoms with Gasteiger partial charge in [-0.3, -0.25) is 9.59 Å². The summed E-state index contributed by atoms with van der Waals surface area (Å²) in [4.78, 5) is 31.4. The van der Waals surface area contributed by atoms with E-state index in [2.05, 4.69) is 20.8 Å². The van der Waals surface area contributed by atoms with Crippen molar-refractivity contribution in [2.24, 2.45) is 5.92 Å². The van der Waals surface area contributed by atoms with Gasteiger partial charge in [0.15, 0.2) is 0 Å². The molecule has 1 atom stereocenters. The Morgan fingerprint density at radius 1 is 0.964 bits per heavy atom. The molecule has 2 heterocycles. The molecular weight excluding hydrogens is 425 g/mol. The number of carbonyl (C=O) groups is 2. The second-order valence-electron chi connectivity index (χ2n) is 7.10. The second kappa shape index (κ2) is 7.91. The summed E-state index contributed by atoms with van der Waals surface area (Å²) < 4.78 is 14.0. The summed E-state index contributed by atoms with van der Waals surface area (Å²) in [7, 11) is 0. The van der Waals surface area contributed by atoms with Crippen LogP contribution in [0.3, 0.4) is 0 Å². The molecule has 2 fully saturated rings. The van der Waals surface area contributed by atoms with Crippen molar-refractivity contribution in [2.45, 2.75) is 6.42 Å². The summed E-state index contributed by atoms with van der Waals surface area (Å²) in [5, 5.41) is 0. The van der Waals surface area contributed by atoms with Crippen molar-refractivity contribution in [3.05, 3.63) is 58.8 Å². The fraction of sp³-hybridized carbons (Fsp3) is 0.333. The Morgan fingerprint density at radius 2 is 1.68 bits per heavy atom. The molecule has 7 heteroatoms. The van der Waals surface area contributed by atoms with E-state index < -0.39 is 5.92 Å². The van der Waals surface area contributed by atoms with Crippen LogP contribution in [0.15, 0.2) is 53.0 Å². The van der Waals surface area contributed by atoms with E-state index in [1.54, 1.807) is 21.9 Å². The maximum Gasteiger partial charge on any atom is 0.239 e. The van der Waals surface area contributed by atoms with Gasteiger partial charge in [-0.25, -0.2) is 4.39 Å². The summed E-state index contributed by atoms with van der Waals surface area (Å²) >= 11 is 3.43. The van der Waals surface area contributed by atoms with Crippen molar-refractivity contribution in [1.82, 2.24) is 4.90 Å². The molecule has 1 unspecified atom stereocenters. The monoisotopic (exact) mass is 445 g/mol. The van der Waals surface area contributed by atoms with Gasteiger partial charge in [0.1, 0.15) is 11.7 Å². The minimum absolute atomic E-state index is 0.0822. The number of halogens is 2. The van der Waals surface area contributed by atoms with E-state index in [0.29, 0.717) is 39.1 Å². The van der Waals surface area contributed by atoms with E-state index in [0.717, 1.165) is 15.8 Å². The van der Waals surface area contributed by atoms with Crippen LogP contribution < -0.4 is 9.80 Å². The summed E-state index contributed by atoms with van der Waals surface area (Å²) in [5.74, 6) is -1.06. The molecule has 4 rings (SSSR count). The number of carbonyl (C=O) groups excluding carboxylic acids is 2. The molecule has 0 saturated carbocycles. The average Bonchev–Trinajstić information content (AvgIpc) is 3.09. The van der Waals surface area contributed by atoms with Gasteiger partial charge in [-0.1, -0.05) is 22.0 Å². The third kappa shape index (κ3) is 3.76. The fourth-order valence-electron chi connectivity index (χ4n) is 3.87. The van der Waals surface area contributed by atoms with E-state index in [9.17, 15) is 14.0 Å². The van der Waals surface area contributed by atoms with Crippen LogP contribution in [0.4, 0.5) is 15.8 Å². The number of rotatable bonds is 3. The smallest absolute Gasteiger partial charge is 0.239 e. The summed E-state index contributed by atoms with van der Waals surface area (Å²) in [5.41, 5.74) is 1.77. The maximum atomic E-state index is 13.1. The lowest BCUT2D eigenvalue weighted by Gasteiger charge is -2.37. The molecular formula is C21H21BrFN3O2. The molecule has 5 nitrogen and oxygen atoms in total. The van der Waals surface area contributed by atoms with Gasteiger partial charge in [0.25, 0.3) is 0 Å². The summed E-state index contributed by atoms with van der Waals surface area (Å²) in [6.07, 6.45) is 0.544. The molecule has 0 bridgehead atoms. The van der Waals surface area contributed by atoms with Gasteiger partial charge in [0.2, 0.25) is 11.8 Å².